The third kappa shape index (κ3) is 4.19. The molecule has 0 bridgehead atoms. The molecule has 1 aromatic heterocycles. The molecule has 0 spiro atoms. The van der Waals surface area contributed by atoms with Crippen LogP contribution in [0, 0.1) is 0 Å². The lowest BCUT2D eigenvalue weighted by Gasteiger charge is -1.98. The molecule has 5 heteroatoms. The topological polar surface area (TPSA) is 62.5 Å². The van der Waals surface area contributed by atoms with Crippen LogP contribution in [0.25, 0.3) is 0 Å². The SMILES string of the molecule is O=C(O)Cc1ccc(/N=C/c2ccc(Cl)nc2)cc1. The number of benzene rings is 1. The van der Waals surface area contributed by atoms with E-state index in [4.69, 9.17) is 16.7 Å². The maximum Gasteiger partial charge on any atom is 0.307 e. The van der Waals surface area contributed by atoms with Gasteiger partial charge in [-0.25, -0.2) is 4.98 Å². The van der Waals surface area contributed by atoms with Crippen molar-refractivity contribution in [2.75, 3.05) is 0 Å². The first-order valence-corrected chi connectivity index (χ1v) is 5.97. The van der Waals surface area contributed by atoms with Gasteiger partial charge in [0.25, 0.3) is 0 Å². The van der Waals surface area contributed by atoms with Gasteiger partial charge >= 0.3 is 5.97 Å². The molecule has 4 nitrogen and oxygen atoms in total. The quantitative estimate of drug-likeness (QED) is 0.688. The van der Waals surface area contributed by atoms with Crippen molar-refractivity contribution in [1.29, 1.82) is 0 Å². The Morgan fingerprint density at radius 2 is 2.00 bits per heavy atom. The highest BCUT2D eigenvalue weighted by atomic mass is 35.5. The molecule has 0 fully saturated rings. The minimum absolute atomic E-state index is 0.0189. The molecule has 19 heavy (non-hydrogen) atoms. The number of carboxylic acid groups (broad SMARTS) is 1. The second-order valence-electron chi connectivity index (χ2n) is 3.91. The van der Waals surface area contributed by atoms with Gasteiger partial charge in [-0.05, 0) is 29.8 Å². The number of rotatable bonds is 4. The smallest absolute Gasteiger partial charge is 0.307 e. The normalized spacial score (nSPS) is 10.8. The molecular formula is C14H11ClN2O2. The van der Waals surface area contributed by atoms with Crippen LogP contribution < -0.4 is 0 Å². The molecule has 0 amide bonds. The van der Waals surface area contributed by atoms with Crippen LogP contribution in [0.4, 0.5) is 5.69 Å². The summed E-state index contributed by atoms with van der Waals surface area (Å²) in [4.78, 5) is 18.8. The van der Waals surface area contributed by atoms with E-state index in [9.17, 15) is 4.79 Å². The minimum Gasteiger partial charge on any atom is -0.481 e. The molecule has 2 rings (SSSR count). The summed E-state index contributed by atoms with van der Waals surface area (Å²) in [5, 5.41) is 9.10. The van der Waals surface area contributed by atoms with Crippen LogP contribution in [-0.4, -0.2) is 22.3 Å². The predicted molar refractivity (Wildman–Crippen MR) is 74.3 cm³/mol. The fourth-order valence-electron chi connectivity index (χ4n) is 1.49. The highest BCUT2D eigenvalue weighted by molar-refractivity contribution is 6.29. The van der Waals surface area contributed by atoms with Crippen LogP contribution in [0.5, 0.6) is 0 Å². The number of halogens is 1. The first kappa shape index (κ1) is 13.2. The van der Waals surface area contributed by atoms with E-state index < -0.39 is 5.97 Å². The van der Waals surface area contributed by atoms with Crippen LogP contribution in [0.15, 0.2) is 47.6 Å². The Balaban J connectivity index is 2.06. The lowest BCUT2D eigenvalue weighted by atomic mass is 10.1. The third-order valence-electron chi connectivity index (χ3n) is 2.40. The molecule has 0 unspecified atom stereocenters. The summed E-state index contributed by atoms with van der Waals surface area (Å²) in [6, 6.07) is 10.6. The Morgan fingerprint density at radius 1 is 1.26 bits per heavy atom. The van der Waals surface area contributed by atoms with E-state index in [0.29, 0.717) is 5.15 Å². The van der Waals surface area contributed by atoms with E-state index in [-0.39, 0.29) is 6.42 Å². The third-order valence-corrected chi connectivity index (χ3v) is 2.63. The second-order valence-corrected chi connectivity index (χ2v) is 4.30. The van der Waals surface area contributed by atoms with E-state index in [1.165, 1.54) is 0 Å². The van der Waals surface area contributed by atoms with Crippen molar-refractivity contribution in [3.63, 3.8) is 0 Å². The van der Waals surface area contributed by atoms with Gasteiger partial charge in [-0.15, -0.1) is 0 Å². The number of aromatic nitrogens is 1. The summed E-state index contributed by atoms with van der Waals surface area (Å²) >= 11 is 5.68. The molecule has 1 aromatic carbocycles. The van der Waals surface area contributed by atoms with Crippen LogP contribution in [0.3, 0.4) is 0 Å². The number of carbonyl (C=O) groups is 1. The summed E-state index contributed by atoms with van der Waals surface area (Å²) in [5.74, 6) is -0.844. The Hall–Kier alpha value is -2.20. The van der Waals surface area contributed by atoms with Crippen molar-refractivity contribution in [1.82, 2.24) is 4.98 Å². The molecule has 0 aliphatic carbocycles. The van der Waals surface area contributed by atoms with Gasteiger partial charge in [-0.2, -0.15) is 0 Å². The fraction of sp³-hybridized carbons (Fsp3) is 0.0714. The van der Waals surface area contributed by atoms with Crippen molar-refractivity contribution in [2.24, 2.45) is 4.99 Å². The van der Waals surface area contributed by atoms with Gasteiger partial charge in [0, 0.05) is 18.0 Å². The molecule has 0 saturated carbocycles. The summed E-state index contributed by atoms with van der Waals surface area (Å²) in [7, 11) is 0. The van der Waals surface area contributed by atoms with Crippen molar-refractivity contribution in [3.8, 4) is 0 Å². The van der Waals surface area contributed by atoms with E-state index in [1.54, 1.807) is 42.7 Å². The zero-order valence-corrected chi connectivity index (χ0v) is 10.7. The Morgan fingerprint density at radius 3 is 2.58 bits per heavy atom. The summed E-state index contributed by atoms with van der Waals surface area (Å²) < 4.78 is 0. The molecule has 1 N–H and O–H groups in total. The maximum absolute atomic E-state index is 10.5. The molecule has 0 aliphatic heterocycles. The molecule has 1 heterocycles. The standard InChI is InChI=1S/C14H11ClN2O2/c15-13-6-3-11(9-17-13)8-16-12-4-1-10(2-5-12)7-14(18)19/h1-6,8-9H,7H2,(H,18,19)/b16-8+. The number of pyridine rings is 1. The van der Waals surface area contributed by atoms with Crippen molar-refractivity contribution in [3.05, 3.63) is 58.9 Å². The average molecular weight is 275 g/mol. The number of aliphatic carboxylic acids is 1. The van der Waals surface area contributed by atoms with Crippen LogP contribution >= 0.6 is 11.6 Å². The molecule has 2 aromatic rings. The van der Waals surface area contributed by atoms with Crippen LogP contribution in [-0.2, 0) is 11.2 Å². The summed E-state index contributed by atoms with van der Waals surface area (Å²) in [5.41, 5.74) is 2.35. The van der Waals surface area contributed by atoms with Gasteiger partial charge in [0.2, 0.25) is 0 Å². The highest BCUT2D eigenvalue weighted by Gasteiger charge is 1.99. The molecule has 0 aliphatic rings. The number of aliphatic imine (C=N–C) groups is 1. The fourth-order valence-corrected chi connectivity index (χ4v) is 1.60. The first-order chi connectivity index (χ1) is 9.13. The molecular weight excluding hydrogens is 264 g/mol. The van der Waals surface area contributed by atoms with E-state index in [0.717, 1.165) is 16.8 Å². The average Bonchev–Trinajstić information content (AvgIpc) is 2.39. The first-order valence-electron chi connectivity index (χ1n) is 5.60. The summed E-state index contributed by atoms with van der Waals surface area (Å²) in [6.45, 7) is 0. The maximum atomic E-state index is 10.5. The second kappa shape index (κ2) is 6.11. The largest absolute Gasteiger partial charge is 0.481 e. The molecule has 0 saturated heterocycles. The zero-order valence-electron chi connectivity index (χ0n) is 9.95. The predicted octanol–water partition coefficient (Wildman–Crippen LogP) is 3.11. The molecule has 96 valence electrons. The Labute approximate surface area is 115 Å². The number of hydrogen-bond acceptors (Lipinski definition) is 3. The van der Waals surface area contributed by atoms with Crippen molar-refractivity contribution >= 4 is 29.5 Å². The molecule has 0 atom stereocenters. The lowest BCUT2D eigenvalue weighted by Crippen LogP contribution is -1.99. The van der Waals surface area contributed by atoms with Gasteiger partial charge in [-0.1, -0.05) is 23.7 Å². The summed E-state index contributed by atoms with van der Waals surface area (Å²) in [6.07, 6.45) is 3.32. The van der Waals surface area contributed by atoms with Crippen LogP contribution in [0.1, 0.15) is 11.1 Å². The van der Waals surface area contributed by atoms with Crippen molar-refractivity contribution in [2.45, 2.75) is 6.42 Å². The molecule has 0 radical (unpaired) electrons. The highest BCUT2D eigenvalue weighted by Crippen LogP contribution is 2.13. The number of carboxylic acids is 1. The van der Waals surface area contributed by atoms with Gasteiger partial charge in [0.05, 0.1) is 12.1 Å². The Bertz CT molecular complexity index is 592. The van der Waals surface area contributed by atoms with E-state index >= 15 is 0 Å². The van der Waals surface area contributed by atoms with Gasteiger partial charge in [0.1, 0.15) is 5.15 Å². The van der Waals surface area contributed by atoms with Crippen LogP contribution in [0.2, 0.25) is 5.15 Å². The van der Waals surface area contributed by atoms with E-state index in [1.807, 2.05) is 6.07 Å². The zero-order chi connectivity index (χ0) is 13.7. The monoisotopic (exact) mass is 274 g/mol. The van der Waals surface area contributed by atoms with Gasteiger partial charge in [-0.3, -0.25) is 9.79 Å². The minimum atomic E-state index is -0.844. The number of hydrogen-bond donors (Lipinski definition) is 1. The van der Waals surface area contributed by atoms with Gasteiger partial charge in [0.15, 0.2) is 0 Å². The van der Waals surface area contributed by atoms with E-state index in [2.05, 4.69) is 9.98 Å². The lowest BCUT2D eigenvalue weighted by molar-refractivity contribution is -0.136. The van der Waals surface area contributed by atoms with Crippen molar-refractivity contribution < 1.29 is 9.90 Å². The van der Waals surface area contributed by atoms with Gasteiger partial charge < -0.3 is 5.11 Å². The Kier molecular flexibility index (Phi) is 4.26. The number of nitrogens with zero attached hydrogens (tertiary/aromatic N) is 2.